The van der Waals surface area contributed by atoms with Crippen LogP contribution in [0.3, 0.4) is 0 Å². The quantitative estimate of drug-likeness (QED) is 0.733. The Labute approximate surface area is 139 Å². The minimum absolute atomic E-state index is 0.112. The minimum atomic E-state index is -0.484. The van der Waals surface area contributed by atoms with Gasteiger partial charge in [0.2, 0.25) is 5.95 Å². The number of carbonyl (C=O) groups excluding carboxylic acids is 1. The third-order valence-electron chi connectivity index (χ3n) is 3.78. The predicted molar refractivity (Wildman–Crippen MR) is 84.5 cm³/mol. The van der Waals surface area contributed by atoms with Crippen molar-refractivity contribution in [3.63, 3.8) is 0 Å². The van der Waals surface area contributed by atoms with Crippen LogP contribution in [0.15, 0.2) is 6.07 Å². The van der Waals surface area contributed by atoms with E-state index < -0.39 is 5.60 Å². The second-order valence-electron chi connectivity index (χ2n) is 6.64. The average Bonchev–Trinajstić information content (AvgIpc) is 2.94. The number of carbonyl (C=O) groups is 1. The van der Waals surface area contributed by atoms with E-state index >= 15 is 0 Å². The van der Waals surface area contributed by atoms with Gasteiger partial charge in [-0.15, -0.1) is 0 Å². The zero-order valence-electron chi connectivity index (χ0n) is 12.7. The van der Waals surface area contributed by atoms with Crippen LogP contribution in [0.25, 0.3) is 0 Å². The lowest BCUT2D eigenvalue weighted by Gasteiger charge is -2.35. The lowest BCUT2D eigenvalue weighted by molar-refractivity contribution is 0.0214. The summed E-state index contributed by atoms with van der Waals surface area (Å²) in [6.07, 6.45) is 0.622. The van der Waals surface area contributed by atoms with Crippen LogP contribution in [-0.2, 0) is 4.74 Å². The molecule has 2 unspecified atom stereocenters. The number of fused-ring (bicyclic) bond motifs is 2. The fourth-order valence-corrected chi connectivity index (χ4v) is 3.38. The Bertz CT molecular complexity index is 585. The summed E-state index contributed by atoms with van der Waals surface area (Å²) in [5.74, 6) is 0.522. The molecule has 1 aromatic heterocycles. The summed E-state index contributed by atoms with van der Waals surface area (Å²) in [5.41, 5.74) is -0.484. The number of aromatic nitrogens is 2. The Kier molecular flexibility index (Phi) is 3.85. The summed E-state index contributed by atoms with van der Waals surface area (Å²) in [5, 5.41) is 0.642. The second kappa shape index (κ2) is 5.42. The summed E-state index contributed by atoms with van der Waals surface area (Å²) in [7, 11) is 0. The number of halogens is 2. The van der Waals surface area contributed by atoms with Gasteiger partial charge < -0.3 is 14.5 Å². The molecule has 22 heavy (non-hydrogen) atoms. The summed E-state index contributed by atoms with van der Waals surface area (Å²) in [6, 6.07) is 1.79. The van der Waals surface area contributed by atoms with Gasteiger partial charge in [-0.25, -0.2) is 14.8 Å². The van der Waals surface area contributed by atoms with Gasteiger partial charge in [-0.2, -0.15) is 0 Å². The van der Waals surface area contributed by atoms with Crippen LogP contribution in [0.4, 0.5) is 10.7 Å². The highest BCUT2D eigenvalue weighted by atomic mass is 35.5. The highest BCUT2D eigenvalue weighted by molar-refractivity contribution is 6.33. The fourth-order valence-electron chi connectivity index (χ4n) is 2.96. The first-order valence-corrected chi connectivity index (χ1v) is 7.95. The smallest absolute Gasteiger partial charge is 0.410 e. The summed E-state index contributed by atoms with van der Waals surface area (Å²) < 4.78 is 5.45. The summed E-state index contributed by atoms with van der Waals surface area (Å²) >= 11 is 11.9. The van der Waals surface area contributed by atoms with Gasteiger partial charge in [0.25, 0.3) is 0 Å². The largest absolute Gasteiger partial charge is 0.444 e. The van der Waals surface area contributed by atoms with Crippen molar-refractivity contribution in [3.8, 4) is 0 Å². The van der Waals surface area contributed by atoms with E-state index in [0.717, 1.165) is 6.42 Å². The van der Waals surface area contributed by atoms with E-state index in [1.165, 1.54) is 6.07 Å². The molecule has 3 rings (SSSR count). The fraction of sp³-hybridized carbons (Fsp3) is 0.643. The molecule has 0 spiro atoms. The van der Waals surface area contributed by atoms with Gasteiger partial charge in [-0.1, -0.05) is 23.2 Å². The maximum absolute atomic E-state index is 12.2. The lowest BCUT2D eigenvalue weighted by Crippen LogP contribution is -2.50. The Hall–Kier alpha value is -1.27. The number of hydrogen-bond acceptors (Lipinski definition) is 5. The Morgan fingerprint density at radius 1 is 1.23 bits per heavy atom. The summed E-state index contributed by atoms with van der Waals surface area (Å²) in [4.78, 5) is 24.5. The molecule has 6 nitrogen and oxygen atoms in total. The zero-order chi connectivity index (χ0) is 16.1. The van der Waals surface area contributed by atoms with Crippen LogP contribution in [0.2, 0.25) is 10.3 Å². The van der Waals surface area contributed by atoms with Crippen LogP contribution < -0.4 is 4.90 Å². The van der Waals surface area contributed by atoms with E-state index in [9.17, 15) is 4.79 Å². The van der Waals surface area contributed by atoms with Crippen molar-refractivity contribution in [2.45, 2.75) is 44.9 Å². The Balaban J connectivity index is 1.70. The number of amides is 1. The molecule has 0 aliphatic carbocycles. The van der Waals surface area contributed by atoms with Crippen LogP contribution >= 0.6 is 23.2 Å². The third kappa shape index (κ3) is 3.08. The molecule has 3 heterocycles. The maximum atomic E-state index is 12.2. The van der Waals surface area contributed by atoms with E-state index in [1.54, 1.807) is 4.90 Å². The van der Waals surface area contributed by atoms with Crippen LogP contribution in [0.5, 0.6) is 0 Å². The molecule has 8 heteroatoms. The Morgan fingerprint density at radius 2 is 1.86 bits per heavy atom. The van der Waals surface area contributed by atoms with Gasteiger partial charge in [-0.05, 0) is 27.2 Å². The molecule has 2 fully saturated rings. The highest BCUT2D eigenvalue weighted by Gasteiger charge is 2.47. The van der Waals surface area contributed by atoms with E-state index in [-0.39, 0.29) is 18.2 Å². The van der Waals surface area contributed by atoms with Crippen molar-refractivity contribution in [1.29, 1.82) is 0 Å². The Morgan fingerprint density at radius 3 is 2.36 bits per heavy atom. The lowest BCUT2D eigenvalue weighted by atomic mass is 10.2. The first kappa shape index (κ1) is 15.6. The predicted octanol–water partition coefficient (Wildman–Crippen LogP) is 2.98. The molecule has 1 amide bonds. The number of hydrogen-bond donors (Lipinski definition) is 0. The molecular formula is C14H18Cl2N4O2. The first-order chi connectivity index (χ1) is 10.2. The highest BCUT2D eigenvalue weighted by Crippen LogP contribution is 2.34. The molecule has 0 saturated carbocycles. The van der Waals surface area contributed by atoms with Gasteiger partial charge in [-0.3, -0.25) is 0 Å². The number of piperazine rings is 1. The van der Waals surface area contributed by atoms with Crippen molar-refractivity contribution in [3.05, 3.63) is 16.4 Å². The van der Waals surface area contributed by atoms with Crippen LogP contribution in [0, 0.1) is 0 Å². The van der Waals surface area contributed by atoms with Gasteiger partial charge in [0.15, 0.2) is 0 Å². The number of ether oxygens (including phenoxy) is 1. The van der Waals surface area contributed by atoms with Gasteiger partial charge in [0.1, 0.15) is 15.9 Å². The van der Waals surface area contributed by atoms with Crippen molar-refractivity contribution in [1.82, 2.24) is 14.9 Å². The van der Waals surface area contributed by atoms with Crippen LogP contribution in [-0.4, -0.2) is 51.7 Å². The van der Waals surface area contributed by atoms with Crippen molar-refractivity contribution in [2.75, 3.05) is 18.0 Å². The molecule has 0 radical (unpaired) electrons. The van der Waals surface area contributed by atoms with Crippen molar-refractivity contribution < 1.29 is 9.53 Å². The van der Waals surface area contributed by atoms with Crippen LogP contribution in [0.1, 0.15) is 27.2 Å². The van der Waals surface area contributed by atoms with Crippen molar-refractivity contribution in [2.24, 2.45) is 0 Å². The maximum Gasteiger partial charge on any atom is 0.410 e. The molecular weight excluding hydrogens is 327 g/mol. The molecule has 120 valence electrons. The average molecular weight is 345 g/mol. The molecule has 2 aliphatic heterocycles. The standard InChI is InChI=1S/C14H18Cl2N4O2/c1-14(2,3)22-13(21)20-7-8-4-9(20)6-19(8)12-17-10(15)5-11(16)18-12/h5,8-9H,4,6-7H2,1-3H3. The molecule has 2 atom stereocenters. The number of likely N-dealkylation sites (tertiary alicyclic amines) is 1. The second-order valence-corrected chi connectivity index (χ2v) is 7.42. The van der Waals surface area contributed by atoms with E-state index in [2.05, 4.69) is 14.9 Å². The van der Waals surface area contributed by atoms with Crippen molar-refractivity contribution >= 4 is 35.2 Å². The molecule has 2 bridgehead atoms. The molecule has 2 saturated heterocycles. The topological polar surface area (TPSA) is 58.6 Å². The first-order valence-electron chi connectivity index (χ1n) is 7.19. The third-order valence-corrected chi connectivity index (χ3v) is 4.16. The van der Waals surface area contributed by atoms with E-state index in [0.29, 0.717) is 29.3 Å². The van der Waals surface area contributed by atoms with Gasteiger partial charge in [0, 0.05) is 19.2 Å². The van der Waals surface area contributed by atoms with E-state index in [4.69, 9.17) is 27.9 Å². The van der Waals surface area contributed by atoms with Gasteiger partial charge in [0.05, 0.1) is 12.1 Å². The summed E-state index contributed by atoms with van der Waals surface area (Å²) in [6.45, 7) is 6.88. The SMILES string of the molecule is CC(C)(C)OC(=O)N1CC2CC1CN2c1nc(Cl)cc(Cl)n1. The molecule has 1 aromatic rings. The van der Waals surface area contributed by atoms with Gasteiger partial charge >= 0.3 is 6.09 Å². The number of rotatable bonds is 1. The minimum Gasteiger partial charge on any atom is -0.444 e. The molecule has 0 aromatic carbocycles. The van der Waals surface area contributed by atoms with E-state index in [1.807, 2.05) is 20.8 Å². The number of anilines is 1. The molecule has 2 aliphatic rings. The zero-order valence-corrected chi connectivity index (χ0v) is 14.2. The normalized spacial score (nSPS) is 24.0. The monoisotopic (exact) mass is 344 g/mol. The number of nitrogens with zero attached hydrogens (tertiary/aromatic N) is 4. The molecule has 0 N–H and O–H groups in total.